The second-order valence-corrected chi connectivity index (χ2v) is 8.62. The molecule has 9 nitrogen and oxygen atoms in total. The van der Waals surface area contributed by atoms with E-state index in [1.54, 1.807) is 43.3 Å². The monoisotopic (exact) mass is 554 g/mol. The SMILES string of the molecule is CCOC(=O)c1nc(Cn2nc(-c3ccc(Cl)cc3)n(CCC(F)(F)F)c2=O)nn1-c1cccc(Cl)c1. The van der Waals surface area contributed by atoms with Crippen molar-refractivity contribution in [3.05, 3.63) is 80.7 Å². The number of esters is 1. The summed E-state index contributed by atoms with van der Waals surface area (Å²) in [6.07, 6.45) is -5.71. The van der Waals surface area contributed by atoms with E-state index in [0.29, 0.717) is 21.3 Å². The van der Waals surface area contributed by atoms with Gasteiger partial charge in [0, 0.05) is 22.2 Å². The molecule has 0 aliphatic carbocycles. The average molecular weight is 555 g/mol. The fraction of sp³-hybridized carbons (Fsp3) is 0.261. The molecule has 4 aromatic rings. The lowest BCUT2D eigenvalue weighted by Gasteiger charge is -2.08. The normalized spacial score (nSPS) is 11.6. The number of hydrogen-bond acceptors (Lipinski definition) is 6. The Morgan fingerprint density at radius 2 is 1.78 bits per heavy atom. The second kappa shape index (κ2) is 10.8. The number of hydrogen-bond donors (Lipinski definition) is 0. The summed E-state index contributed by atoms with van der Waals surface area (Å²) in [6.45, 7) is 0.756. The van der Waals surface area contributed by atoms with Crippen LogP contribution in [0, 0.1) is 0 Å². The maximum atomic E-state index is 13.1. The van der Waals surface area contributed by atoms with Gasteiger partial charge in [-0.15, -0.1) is 10.2 Å². The third kappa shape index (κ3) is 6.20. The molecule has 2 aromatic carbocycles. The number of benzene rings is 2. The molecular formula is C23H19Cl2F3N6O3. The van der Waals surface area contributed by atoms with Gasteiger partial charge < -0.3 is 4.74 Å². The fourth-order valence-corrected chi connectivity index (χ4v) is 3.78. The molecule has 4 rings (SSSR count). The average Bonchev–Trinajstić information content (AvgIpc) is 3.40. The Bertz CT molecular complexity index is 1480. The summed E-state index contributed by atoms with van der Waals surface area (Å²) in [6, 6.07) is 12.6. The molecule has 2 aromatic heterocycles. The number of nitrogens with zero attached hydrogens (tertiary/aromatic N) is 6. The van der Waals surface area contributed by atoms with Crippen LogP contribution in [0.4, 0.5) is 13.2 Å². The summed E-state index contributed by atoms with van der Waals surface area (Å²) in [4.78, 5) is 29.8. The second-order valence-electron chi connectivity index (χ2n) is 7.75. The highest BCUT2D eigenvalue weighted by molar-refractivity contribution is 6.31. The van der Waals surface area contributed by atoms with Gasteiger partial charge in [0.2, 0.25) is 5.82 Å². The van der Waals surface area contributed by atoms with Crippen LogP contribution in [0.2, 0.25) is 10.0 Å². The molecule has 0 aliphatic rings. The fourth-order valence-electron chi connectivity index (χ4n) is 3.47. The Balaban J connectivity index is 1.76. The van der Waals surface area contributed by atoms with Gasteiger partial charge in [0.1, 0.15) is 6.54 Å². The van der Waals surface area contributed by atoms with Gasteiger partial charge in [0.25, 0.3) is 0 Å². The van der Waals surface area contributed by atoms with Crippen molar-refractivity contribution < 1.29 is 22.7 Å². The molecule has 0 aliphatic heterocycles. The van der Waals surface area contributed by atoms with Gasteiger partial charge in [-0.1, -0.05) is 29.3 Å². The smallest absolute Gasteiger partial charge is 0.390 e. The van der Waals surface area contributed by atoms with Gasteiger partial charge in [-0.3, -0.25) is 4.57 Å². The standard InChI is InChI=1S/C23H19Cl2F3N6O3/c1-2-37-21(35)20-29-18(30-34(20)17-5-3-4-16(25)12-17)13-33-22(36)32(11-10-23(26,27)28)19(31-33)14-6-8-15(24)9-7-14/h3-9,12H,2,10-11,13H2,1H3. The van der Waals surface area contributed by atoms with Gasteiger partial charge in [0.15, 0.2) is 11.6 Å². The van der Waals surface area contributed by atoms with Crippen molar-refractivity contribution in [2.45, 2.75) is 32.6 Å². The van der Waals surface area contributed by atoms with Gasteiger partial charge in [-0.05, 0) is 49.4 Å². The maximum absolute atomic E-state index is 13.1. The van der Waals surface area contributed by atoms with Gasteiger partial charge >= 0.3 is 17.8 Å². The van der Waals surface area contributed by atoms with Crippen molar-refractivity contribution in [2.24, 2.45) is 0 Å². The van der Waals surface area contributed by atoms with E-state index in [-0.39, 0.29) is 30.6 Å². The topological polar surface area (TPSA) is 96.8 Å². The van der Waals surface area contributed by atoms with Crippen molar-refractivity contribution in [1.29, 1.82) is 0 Å². The molecule has 0 radical (unpaired) electrons. The lowest BCUT2D eigenvalue weighted by atomic mass is 10.2. The number of carbonyl (C=O) groups excluding carboxylic acids is 1. The molecule has 0 spiro atoms. The van der Waals surface area contributed by atoms with E-state index in [4.69, 9.17) is 27.9 Å². The minimum atomic E-state index is -4.48. The van der Waals surface area contributed by atoms with Crippen molar-refractivity contribution in [2.75, 3.05) is 6.61 Å². The first kappa shape index (κ1) is 26.4. The summed E-state index contributed by atoms with van der Waals surface area (Å²) in [5.74, 6) is -0.896. The van der Waals surface area contributed by atoms with Crippen molar-refractivity contribution in [3.63, 3.8) is 0 Å². The van der Waals surface area contributed by atoms with Crippen LogP contribution in [0.5, 0.6) is 0 Å². The summed E-state index contributed by atoms with van der Waals surface area (Å²) >= 11 is 12.0. The van der Waals surface area contributed by atoms with E-state index in [1.807, 2.05) is 0 Å². The molecule has 0 amide bonds. The van der Waals surface area contributed by atoms with Crippen LogP contribution in [0.1, 0.15) is 29.8 Å². The summed E-state index contributed by atoms with van der Waals surface area (Å²) in [7, 11) is 0. The van der Waals surface area contributed by atoms with Crippen LogP contribution in [-0.4, -0.2) is 47.9 Å². The van der Waals surface area contributed by atoms with E-state index in [1.165, 1.54) is 16.8 Å². The minimum Gasteiger partial charge on any atom is -0.460 e. The number of halogens is 5. The molecule has 0 atom stereocenters. The molecule has 0 bridgehead atoms. The Labute approximate surface area is 218 Å². The Hall–Kier alpha value is -3.64. The van der Waals surface area contributed by atoms with Gasteiger partial charge in [-0.2, -0.15) is 13.2 Å². The minimum absolute atomic E-state index is 0.00764. The van der Waals surface area contributed by atoms with Crippen molar-refractivity contribution in [3.8, 4) is 17.1 Å². The van der Waals surface area contributed by atoms with E-state index in [0.717, 1.165) is 9.25 Å². The molecule has 37 heavy (non-hydrogen) atoms. The molecule has 0 saturated carbocycles. The van der Waals surface area contributed by atoms with Crippen LogP contribution >= 0.6 is 23.2 Å². The highest BCUT2D eigenvalue weighted by atomic mass is 35.5. The molecule has 0 saturated heterocycles. The highest BCUT2D eigenvalue weighted by Gasteiger charge is 2.29. The van der Waals surface area contributed by atoms with Crippen LogP contribution < -0.4 is 5.69 Å². The number of ether oxygens (including phenoxy) is 1. The molecule has 0 fully saturated rings. The summed E-state index contributed by atoms with van der Waals surface area (Å²) in [5, 5.41) is 9.35. The largest absolute Gasteiger partial charge is 0.460 e. The summed E-state index contributed by atoms with van der Waals surface area (Å²) < 4.78 is 47.0. The van der Waals surface area contributed by atoms with E-state index < -0.39 is 30.8 Å². The lowest BCUT2D eigenvalue weighted by Crippen LogP contribution is -2.27. The van der Waals surface area contributed by atoms with Gasteiger partial charge in [0.05, 0.1) is 18.7 Å². The highest BCUT2D eigenvalue weighted by Crippen LogP contribution is 2.24. The quantitative estimate of drug-likeness (QED) is 0.291. The zero-order chi connectivity index (χ0) is 26.7. The van der Waals surface area contributed by atoms with Crippen molar-refractivity contribution >= 4 is 29.2 Å². The molecule has 2 heterocycles. The van der Waals surface area contributed by atoms with Crippen LogP contribution in [0.15, 0.2) is 53.3 Å². The first-order valence-corrected chi connectivity index (χ1v) is 11.7. The maximum Gasteiger partial charge on any atom is 0.390 e. The summed E-state index contributed by atoms with van der Waals surface area (Å²) in [5.41, 5.74) is 0.0113. The van der Waals surface area contributed by atoms with E-state index in [9.17, 15) is 22.8 Å². The van der Waals surface area contributed by atoms with Crippen molar-refractivity contribution in [1.82, 2.24) is 29.1 Å². The lowest BCUT2D eigenvalue weighted by molar-refractivity contribution is -0.136. The van der Waals surface area contributed by atoms with E-state index in [2.05, 4.69) is 15.2 Å². The first-order chi connectivity index (χ1) is 17.6. The number of alkyl halides is 3. The number of carbonyl (C=O) groups is 1. The van der Waals surface area contributed by atoms with Crippen LogP contribution in [-0.2, 0) is 17.8 Å². The first-order valence-electron chi connectivity index (χ1n) is 10.9. The Morgan fingerprint density at radius 3 is 2.43 bits per heavy atom. The predicted molar refractivity (Wildman–Crippen MR) is 129 cm³/mol. The zero-order valence-corrected chi connectivity index (χ0v) is 20.8. The predicted octanol–water partition coefficient (Wildman–Crippen LogP) is 4.78. The van der Waals surface area contributed by atoms with E-state index >= 15 is 0 Å². The third-order valence-corrected chi connectivity index (χ3v) is 5.58. The molecule has 0 N–H and O–H groups in total. The number of rotatable bonds is 8. The molecule has 0 unspecified atom stereocenters. The molecule has 14 heteroatoms. The Morgan fingerprint density at radius 1 is 1.05 bits per heavy atom. The zero-order valence-electron chi connectivity index (χ0n) is 19.2. The molecule has 194 valence electrons. The van der Waals surface area contributed by atoms with Crippen LogP contribution in [0.3, 0.4) is 0 Å². The molecular weight excluding hydrogens is 536 g/mol. The van der Waals surface area contributed by atoms with Gasteiger partial charge in [-0.25, -0.2) is 23.9 Å². The number of aromatic nitrogens is 6. The Kier molecular flexibility index (Phi) is 7.69. The third-order valence-electron chi connectivity index (χ3n) is 5.10. The van der Waals surface area contributed by atoms with Crippen LogP contribution in [0.25, 0.3) is 17.1 Å².